The predicted octanol–water partition coefficient (Wildman–Crippen LogP) is 3.76. The highest BCUT2D eigenvalue weighted by atomic mass is 35.5. The number of hydrogen-bond donors (Lipinski definition) is 3. The summed E-state index contributed by atoms with van der Waals surface area (Å²) < 4.78 is 53.9. The smallest absolute Gasteiger partial charge is 0.255 e. The van der Waals surface area contributed by atoms with Crippen LogP contribution in [-0.2, 0) is 14.6 Å². The SMILES string of the molecule is CC(=O)[C@@H](O)[C@@]1(O)C2C[C@@H](S(=O)(=O)c3cc(C(=O)Nc4ccc(F)c(F)c4)ccc3Cl)CC1[C@@H](C)C2. The van der Waals surface area contributed by atoms with E-state index < -0.39 is 62.0 Å². The van der Waals surface area contributed by atoms with Gasteiger partial charge in [-0.1, -0.05) is 18.5 Å². The molecular weight excluding hydrogens is 516 g/mol. The van der Waals surface area contributed by atoms with Crippen LogP contribution in [0.2, 0.25) is 5.02 Å². The van der Waals surface area contributed by atoms with Crippen LogP contribution < -0.4 is 5.32 Å². The number of rotatable bonds is 6. The molecule has 2 aromatic rings. The van der Waals surface area contributed by atoms with E-state index in [0.29, 0.717) is 6.42 Å². The largest absolute Gasteiger partial charge is 0.386 e. The zero-order chi connectivity index (χ0) is 26.6. The fourth-order valence-electron chi connectivity index (χ4n) is 5.79. The predicted molar refractivity (Wildman–Crippen MR) is 128 cm³/mol. The average molecular weight is 542 g/mol. The molecule has 0 spiro atoms. The fourth-order valence-corrected chi connectivity index (χ4v) is 8.16. The Morgan fingerprint density at radius 2 is 1.81 bits per heavy atom. The van der Waals surface area contributed by atoms with Gasteiger partial charge in [0.1, 0.15) is 11.7 Å². The molecule has 1 amide bonds. The molecular formula is C25H26ClF2NO6S. The van der Waals surface area contributed by atoms with Gasteiger partial charge in [0.2, 0.25) is 0 Å². The van der Waals surface area contributed by atoms with Crippen LogP contribution in [0.4, 0.5) is 14.5 Å². The summed E-state index contributed by atoms with van der Waals surface area (Å²) in [7, 11) is -4.08. The number of sulfone groups is 1. The van der Waals surface area contributed by atoms with Gasteiger partial charge >= 0.3 is 0 Å². The summed E-state index contributed by atoms with van der Waals surface area (Å²) in [6.07, 6.45) is -1.11. The highest BCUT2D eigenvalue weighted by molar-refractivity contribution is 7.92. The number of fused-ring (bicyclic) bond motifs is 2. The number of aliphatic hydroxyl groups excluding tert-OH is 1. The Hall–Kier alpha value is -2.40. The van der Waals surface area contributed by atoms with Gasteiger partial charge in [0.15, 0.2) is 27.3 Å². The summed E-state index contributed by atoms with van der Waals surface area (Å²) in [5.41, 5.74) is -1.77. The molecule has 0 aliphatic heterocycles. The zero-order valence-electron chi connectivity index (χ0n) is 19.5. The van der Waals surface area contributed by atoms with E-state index in [9.17, 15) is 37.0 Å². The number of nitrogens with one attached hydrogen (secondary N) is 1. The molecule has 2 unspecified atom stereocenters. The minimum atomic E-state index is -4.08. The third-order valence-corrected chi connectivity index (χ3v) is 10.2. The summed E-state index contributed by atoms with van der Waals surface area (Å²) in [4.78, 5) is 24.3. The molecule has 0 radical (unpaired) electrons. The van der Waals surface area contributed by atoms with Crippen molar-refractivity contribution in [3.8, 4) is 0 Å². The Morgan fingerprint density at radius 1 is 1.11 bits per heavy atom. The van der Waals surface area contributed by atoms with Gasteiger partial charge in [-0.05, 0) is 74.3 Å². The summed E-state index contributed by atoms with van der Waals surface area (Å²) in [5, 5.41) is 23.1. The third kappa shape index (κ3) is 4.44. The van der Waals surface area contributed by atoms with Gasteiger partial charge in [-0.15, -0.1) is 0 Å². The Kier molecular flexibility index (Phi) is 7.02. The summed E-state index contributed by atoms with van der Waals surface area (Å²) in [6.45, 7) is 3.04. The molecule has 2 aliphatic rings. The molecule has 7 nitrogen and oxygen atoms in total. The minimum Gasteiger partial charge on any atom is -0.386 e. The number of aliphatic hydroxyl groups is 2. The maximum atomic E-state index is 13.6. The maximum Gasteiger partial charge on any atom is 0.255 e. The summed E-state index contributed by atoms with van der Waals surface area (Å²) >= 11 is 6.23. The van der Waals surface area contributed by atoms with E-state index in [1.54, 1.807) is 0 Å². The lowest BCUT2D eigenvalue weighted by molar-refractivity contribution is -0.163. The molecule has 36 heavy (non-hydrogen) atoms. The van der Waals surface area contributed by atoms with Gasteiger partial charge < -0.3 is 15.5 Å². The number of carbonyl (C=O) groups is 2. The van der Waals surface area contributed by atoms with Crippen molar-refractivity contribution < 1.29 is 37.0 Å². The van der Waals surface area contributed by atoms with Crippen LogP contribution in [0.15, 0.2) is 41.3 Å². The van der Waals surface area contributed by atoms with E-state index in [1.165, 1.54) is 25.1 Å². The molecule has 3 N–H and O–H groups in total. The van der Waals surface area contributed by atoms with Crippen molar-refractivity contribution in [2.75, 3.05) is 5.32 Å². The summed E-state index contributed by atoms with van der Waals surface area (Å²) in [5.74, 6) is -4.89. The van der Waals surface area contributed by atoms with Crippen molar-refractivity contribution in [3.05, 3.63) is 58.6 Å². The highest BCUT2D eigenvalue weighted by Gasteiger charge is 2.62. The minimum absolute atomic E-state index is 0.0144. The Bertz CT molecular complexity index is 1340. The average Bonchev–Trinajstić information content (AvgIpc) is 2.94. The number of ketones is 1. The second-order valence-corrected chi connectivity index (χ2v) is 12.4. The number of amides is 1. The Labute approximate surface area is 212 Å². The van der Waals surface area contributed by atoms with E-state index in [4.69, 9.17) is 11.6 Å². The van der Waals surface area contributed by atoms with Crippen molar-refractivity contribution >= 4 is 38.8 Å². The molecule has 194 valence electrons. The van der Waals surface area contributed by atoms with Crippen molar-refractivity contribution in [3.63, 3.8) is 0 Å². The number of Topliss-reactive ketones (excluding diaryl/α,β-unsaturated/α-hetero) is 1. The number of anilines is 1. The van der Waals surface area contributed by atoms with Crippen molar-refractivity contribution in [2.45, 2.75) is 55.0 Å². The molecule has 2 saturated carbocycles. The van der Waals surface area contributed by atoms with Gasteiger partial charge in [0, 0.05) is 17.3 Å². The first kappa shape index (κ1) is 26.7. The van der Waals surface area contributed by atoms with E-state index in [2.05, 4.69) is 5.32 Å². The topological polar surface area (TPSA) is 121 Å². The van der Waals surface area contributed by atoms with Crippen LogP contribution >= 0.6 is 11.6 Å². The molecule has 6 atom stereocenters. The number of halogens is 3. The first-order chi connectivity index (χ1) is 16.8. The van der Waals surface area contributed by atoms with Gasteiger partial charge in [-0.2, -0.15) is 0 Å². The Balaban J connectivity index is 1.61. The van der Waals surface area contributed by atoms with Crippen molar-refractivity contribution in [2.24, 2.45) is 17.8 Å². The number of carbonyl (C=O) groups excluding carboxylic acids is 2. The highest BCUT2D eigenvalue weighted by Crippen LogP contribution is 2.56. The fraction of sp³-hybridized carbons (Fsp3) is 0.440. The first-order valence-corrected chi connectivity index (χ1v) is 13.4. The lowest BCUT2D eigenvalue weighted by Crippen LogP contribution is -2.58. The first-order valence-electron chi connectivity index (χ1n) is 11.5. The van der Waals surface area contributed by atoms with Crippen LogP contribution in [0.3, 0.4) is 0 Å². The van der Waals surface area contributed by atoms with E-state index in [0.717, 1.165) is 18.2 Å². The van der Waals surface area contributed by atoms with Crippen LogP contribution in [0, 0.1) is 29.4 Å². The number of benzene rings is 2. The van der Waals surface area contributed by atoms with E-state index in [-0.39, 0.29) is 39.9 Å². The summed E-state index contributed by atoms with van der Waals surface area (Å²) in [6, 6.07) is 6.53. The molecule has 0 aromatic heterocycles. The lowest BCUT2D eigenvalue weighted by atomic mass is 9.69. The lowest BCUT2D eigenvalue weighted by Gasteiger charge is -2.45. The van der Waals surface area contributed by atoms with Gasteiger partial charge in [0.05, 0.1) is 15.2 Å². The van der Waals surface area contributed by atoms with Crippen LogP contribution in [0.5, 0.6) is 0 Å². The second kappa shape index (κ2) is 9.48. The zero-order valence-corrected chi connectivity index (χ0v) is 21.1. The van der Waals surface area contributed by atoms with Crippen LogP contribution in [-0.4, -0.2) is 47.3 Å². The third-order valence-electron chi connectivity index (χ3n) is 7.59. The molecule has 11 heteroatoms. The second-order valence-electron chi connectivity index (χ2n) is 9.78. The molecule has 0 heterocycles. The van der Waals surface area contributed by atoms with Crippen LogP contribution in [0.25, 0.3) is 0 Å². The van der Waals surface area contributed by atoms with Crippen molar-refractivity contribution in [1.82, 2.24) is 0 Å². The van der Waals surface area contributed by atoms with Gasteiger partial charge in [-0.3, -0.25) is 9.59 Å². The monoisotopic (exact) mass is 541 g/mol. The maximum absolute atomic E-state index is 13.6. The quantitative estimate of drug-likeness (QED) is 0.512. The van der Waals surface area contributed by atoms with E-state index in [1.807, 2.05) is 6.92 Å². The van der Waals surface area contributed by atoms with E-state index >= 15 is 0 Å². The molecule has 2 aliphatic carbocycles. The Morgan fingerprint density at radius 3 is 2.42 bits per heavy atom. The molecule has 2 aromatic carbocycles. The van der Waals surface area contributed by atoms with Gasteiger partial charge in [0.25, 0.3) is 5.91 Å². The van der Waals surface area contributed by atoms with Crippen molar-refractivity contribution in [1.29, 1.82) is 0 Å². The molecule has 4 rings (SSSR count). The van der Waals surface area contributed by atoms with Gasteiger partial charge in [-0.25, -0.2) is 17.2 Å². The van der Waals surface area contributed by atoms with Crippen LogP contribution in [0.1, 0.15) is 43.5 Å². The standard InChI is InChI=1S/C25H26ClF2NO6S/c1-12-7-15-9-17(11-18(12)25(15,33)23(31)13(2)30)36(34,35)22-8-14(3-5-19(22)26)24(32)29-16-4-6-20(27)21(28)10-16/h3-6,8,10,12,15,17-18,23,31,33H,7,9,11H2,1-2H3,(H,29,32)/t12-,15?,17+,18?,23+,25+/m0/s1. The normalized spacial score (nSPS) is 28.5. The molecule has 0 saturated heterocycles. The molecule has 2 fully saturated rings. The molecule has 2 bridgehead atoms. The number of hydrogen-bond acceptors (Lipinski definition) is 6.